The van der Waals surface area contributed by atoms with E-state index in [1.165, 1.54) is 22.6 Å². The molecule has 37 nitrogen and oxygen atoms in total. The van der Waals surface area contributed by atoms with Crippen molar-refractivity contribution in [2.45, 2.75) is 197 Å². The second-order valence-corrected chi connectivity index (χ2v) is 33.1. The quantitative estimate of drug-likeness (QED) is 0.0108. The first-order valence-corrected chi connectivity index (χ1v) is 44.2. The summed E-state index contributed by atoms with van der Waals surface area (Å²) in [7, 11) is 0.643. The maximum atomic E-state index is 13.6. The standard InChI is InChI=1S/C46H50N10O8.C26H26N6O4.C21H27N3O6.CH3F.2CH4/c1-5-56-37(22-34(53-56)27-9-10-27)49-42-40-32-19-24(2)31(39-25(3)54-64-26(39)4)21-35(32)48-41(40)51-43(52-42)45(60)47-14-16-63-18-17-62-15-13-29(57)20-28-7-6-8-30-33(28)23-55(46(30)61)36-11-12-38(58)50-44(36)59;1-5-32-16(8-19(30-32)15-6-7-15)9-21-24-17-11-22(34-4)18(23-13(2)31-36-14(23)3)10-20(17)27-25(24)29-26(28-21)35-12-33;22-7-9-30-11-10-29-8-6-15(25)12-14-2-1-3-16-17(14)13-24(21(16)28)18-4-5-19(26)23-20(18)27;1-2;;/h6-8,19,21-22,27,36H,5,9-18,20,23H2,1-4H3,(H,47,60)(H,50,58,59)(H2,48,49,51,52);8,10-12,15H,5-7,9H2,1-4H3,(H,27,28,29);1-3,18H,4-13,22H2,(H,23,26,27);1H3;2*1H4/i;;;1D;;. The number of anilines is 2. The van der Waals surface area contributed by atoms with Crippen molar-refractivity contribution in [3.05, 3.63) is 163 Å². The number of benzene rings is 4. The Morgan fingerprint density at radius 2 is 1.13 bits per heavy atom. The number of alkyl halides is 1. The number of nitrogens with two attached hydrogens (primary N) is 1. The number of ether oxygens (including phenoxy) is 6. The number of H-pyrrole nitrogens is 2. The lowest BCUT2D eigenvalue weighted by molar-refractivity contribution is -0.138. The second kappa shape index (κ2) is 43.8. The molecular formula is C96H114FN19O18. The molecule has 0 radical (unpaired) electrons. The van der Waals surface area contributed by atoms with Gasteiger partial charge in [-0.15, -0.1) is 0 Å². The van der Waals surface area contributed by atoms with Gasteiger partial charge in [-0.2, -0.15) is 20.2 Å². The molecule has 8 N–H and O–H groups in total. The maximum absolute atomic E-state index is 13.6. The molecule has 2 saturated heterocycles. The van der Waals surface area contributed by atoms with E-state index >= 15 is 0 Å². The molecule has 4 aliphatic heterocycles. The van der Waals surface area contributed by atoms with Crippen LogP contribution in [0, 0.1) is 34.6 Å². The van der Waals surface area contributed by atoms with Crippen molar-refractivity contribution in [1.29, 1.82) is 0 Å². The van der Waals surface area contributed by atoms with Crippen LogP contribution in [0.3, 0.4) is 0 Å². The number of imide groups is 2. The molecule has 2 unspecified atom stereocenters. The van der Waals surface area contributed by atoms with E-state index in [-0.39, 0.29) is 153 Å². The highest BCUT2D eigenvalue weighted by Crippen LogP contribution is 2.45. The summed E-state index contributed by atoms with van der Waals surface area (Å²) < 4.78 is 63.1. The van der Waals surface area contributed by atoms with Crippen LogP contribution in [-0.2, 0) is 98.0 Å². The molecule has 2 aliphatic carbocycles. The summed E-state index contributed by atoms with van der Waals surface area (Å²) in [6, 6.07) is 21.5. The molecule has 7 amide bonds. The van der Waals surface area contributed by atoms with E-state index in [1.54, 1.807) is 31.4 Å². The Morgan fingerprint density at radius 3 is 1.64 bits per heavy atom. The summed E-state index contributed by atoms with van der Waals surface area (Å²) in [4.78, 5) is 152. The number of rotatable bonds is 37. The number of carbonyl (C=O) groups excluding carboxylic acids is 10. The summed E-state index contributed by atoms with van der Waals surface area (Å²) in [5.41, 5.74) is 22.4. The fraction of sp³-hybridized carbons (Fsp3) is 0.438. The first kappa shape index (κ1) is 96.4. The van der Waals surface area contributed by atoms with Crippen LogP contribution in [0.2, 0.25) is 0 Å². The number of fused-ring (bicyclic) bond motifs is 8. The average Bonchev–Trinajstić information content (AvgIpc) is 1.61. The molecule has 134 heavy (non-hydrogen) atoms. The van der Waals surface area contributed by atoms with Crippen LogP contribution in [0.15, 0.2) is 81.8 Å². The number of piperidine rings is 2. The van der Waals surface area contributed by atoms with Gasteiger partial charge in [0, 0.05) is 157 Å². The highest BCUT2D eigenvalue weighted by molar-refractivity contribution is 6.14. The number of nitrogens with zero attached hydrogens (tertiary/aromatic N) is 12. The van der Waals surface area contributed by atoms with Crippen LogP contribution in [0.1, 0.15) is 211 Å². The van der Waals surface area contributed by atoms with Gasteiger partial charge in [0.25, 0.3) is 17.7 Å². The number of amides is 7. The Bertz CT molecular complexity index is 6400. The molecule has 12 heterocycles. The number of aryl methyl sites for hydroxylation is 7. The van der Waals surface area contributed by atoms with Crippen molar-refractivity contribution in [3.8, 4) is 34.0 Å². The van der Waals surface area contributed by atoms with Crippen LogP contribution in [-0.4, -0.2) is 221 Å². The SMILES string of the molecule is C.C.CCn1nc(C2CC2)cc1Cc1nc(OC=O)nc2[nH]c3cc(-c4c(C)noc4C)c(OC)cc3c12.CCn1nc(C2CC2)cc1Nc1nc(C(=O)NCCOCCOCCC(=O)Cc2cccc3c2CN(C2CCC(=O)NC2=O)C3=O)nc2[nH]c3cc(-c4c(C)noc4C)c(C)cc3c12.NCCOCCOCCC(=O)Cc1cccc2c1CN(C1CCC(=O)NC1=O)C2=O.[2H]CF. The van der Waals surface area contributed by atoms with Crippen molar-refractivity contribution >= 4 is 115 Å². The van der Waals surface area contributed by atoms with E-state index in [2.05, 4.69) is 82.7 Å². The molecule has 8 aromatic heterocycles. The van der Waals surface area contributed by atoms with Crippen molar-refractivity contribution in [3.63, 3.8) is 0 Å². The lowest BCUT2D eigenvalue weighted by Crippen LogP contribution is -2.52. The predicted octanol–water partition coefficient (Wildman–Crippen LogP) is 11.7. The molecular weight excluding hydrogens is 1730 g/mol. The highest BCUT2D eigenvalue weighted by atomic mass is 19.1. The van der Waals surface area contributed by atoms with Crippen molar-refractivity contribution < 1.29 is 91.2 Å². The Kier molecular flexibility index (Phi) is 31.5. The van der Waals surface area contributed by atoms with Gasteiger partial charge in [-0.3, -0.25) is 67.7 Å². The van der Waals surface area contributed by atoms with Gasteiger partial charge in [0.05, 0.1) is 108 Å². The van der Waals surface area contributed by atoms with Gasteiger partial charge in [-0.05, 0) is 163 Å². The molecule has 38 heteroatoms. The largest absolute Gasteiger partial charge is 0.496 e. The van der Waals surface area contributed by atoms with Gasteiger partial charge < -0.3 is 73.6 Å². The average molecular weight is 1840 g/mol. The van der Waals surface area contributed by atoms with Crippen LogP contribution in [0.5, 0.6) is 11.8 Å². The summed E-state index contributed by atoms with van der Waals surface area (Å²) >= 11 is 0. The summed E-state index contributed by atoms with van der Waals surface area (Å²) in [5, 5.41) is 32.3. The minimum Gasteiger partial charge on any atom is -0.496 e. The number of hydrogen-bond donors (Lipinski definition) is 7. The third-order valence-electron chi connectivity index (χ3n) is 24.2. The van der Waals surface area contributed by atoms with E-state index in [1.807, 2.05) is 75.2 Å². The van der Waals surface area contributed by atoms with Crippen molar-refractivity contribution in [2.24, 2.45) is 5.73 Å². The van der Waals surface area contributed by atoms with E-state index in [0.29, 0.717) is 110 Å². The second-order valence-electron chi connectivity index (χ2n) is 33.1. The summed E-state index contributed by atoms with van der Waals surface area (Å²) in [6.45, 7) is 19.2. The number of carbonyl (C=O) groups is 10. The van der Waals surface area contributed by atoms with Crippen LogP contribution in [0.25, 0.3) is 66.1 Å². The number of hydrogen-bond acceptors (Lipinski definition) is 28. The van der Waals surface area contributed by atoms with E-state index in [0.717, 1.165) is 148 Å². The molecule has 4 aromatic carbocycles. The first-order chi connectivity index (χ1) is 64.4. The third kappa shape index (κ3) is 21.6. The molecule has 4 fully saturated rings. The molecule has 2 saturated carbocycles. The van der Waals surface area contributed by atoms with Gasteiger partial charge >= 0.3 is 12.5 Å². The van der Waals surface area contributed by atoms with E-state index < -0.39 is 37.0 Å². The Hall–Kier alpha value is -13.7. The third-order valence-corrected chi connectivity index (χ3v) is 24.2. The predicted molar refractivity (Wildman–Crippen MR) is 493 cm³/mol. The molecule has 0 spiro atoms. The number of Topliss-reactive ketones (excluding diaryl/α,β-unsaturated/α-hetero) is 2. The zero-order valence-electron chi connectivity index (χ0n) is 75.8. The maximum Gasteiger partial charge on any atom is 0.326 e. The monoisotopic (exact) mass is 1840 g/mol. The first-order valence-electron chi connectivity index (χ1n) is 44.9. The van der Waals surface area contributed by atoms with E-state index in [4.69, 9.17) is 64.7 Å². The Morgan fingerprint density at radius 1 is 0.612 bits per heavy atom. The molecule has 18 rings (SSSR count). The lowest BCUT2D eigenvalue weighted by atomic mass is 9.97. The zero-order chi connectivity index (χ0) is 93.8. The van der Waals surface area contributed by atoms with Crippen LogP contribution in [0.4, 0.5) is 16.0 Å². The number of halogens is 1. The van der Waals surface area contributed by atoms with Gasteiger partial charge in [0.15, 0.2) is 0 Å². The zero-order valence-corrected chi connectivity index (χ0v) is 74.8. The van der Waals surface area contributed by atoms with Crippen LogP contribution >= 0.6 is 0 Å². The Labute approximate surface area is 773 Å². The minimum atomic E-state index is -1.00. The molecule has 12 aromatic rings. The number of ketones is 2. The Balaban J connectivity index is 0.000000184. The van der Waals surface area contributed by atoms with Gasteiger partial charge in [0.1, 0.15) is 63.9 Å². The van der Waals surface area contributed by atoms with Gasteiger partial charge in [-0.1, -0.05) is 49.4 Å². The lowest BCUT2D eigenvalue weighted by Gasteiger charge is -2.29. The fourth-order valence-corrected chi connectivity index (χ4v) is 17.4. The van der Waals surface area contributed by atoms with Crippen molar-refractivity contribution in [1.82, 2.24) is 85.5 Å². The number of nitrogens with one attached hydrogen (secondary N) is 6. The smallest absolute Gasteiger partial charge is 0.326 e. The van der Waals surface area contributed by atoms with Crippen LogP contribution < -0.4 is 36.5 Å². The summed E-state index contributed by atoms with van der Waals surface area (Å²) in [6.07, 6.45) is 6.86. The molecule has 0 bridgehead atoms. The number of aromatic nitrogens is 12. The molecule has 6 aliphatic rings. The topological polar surface area (TPSA) is 478 Å². The number of aromatic amines is 2. The van der Waals surface area contributed by atoms with E-state index in [9.17, 15) is 52.3 Å². The van der Waals surface area contributed by atoms with Crippen molar-refractivity contribution in [2.75, 3.05) is 85.5 Å². The summed E-state index contributed by atoms with van der Waals surface area (Å²) in [5.74, 6) is 1.79. The fourth-order valence-electron chi connectivity index (χ4n) is 17.4. The van der Waals surface area contributed by atoms with Gasteiger partial charge in [0.2, 0.25) is 29.5 Å². The molecule has 708 valence electrons. The molecule has 2 atom stereocenters. The minimum absolute atomic E-state index is 0. The van der Waals surface area contributed by atoms with Gasteiger partial charge in [-0.25, -0.2) is 14.6 Å². The highest BCUT2D eigenvalue weighted by Gasteiger charge is 2.43. The number of methoxy groups -OCH3 is 1. The normalized spacial score (nSPS) is 15.7.